The molecule has 0 fully saturated rings. The Morgan fingerprint density at radius 3 is 2.48 bits per heavy atom. The van der Waals surface area contributed by atoms with Gasteiger partial charge in [0.05, 0.1) is 36.8 Å². The molecule has 27 heavy (non-hydrogen) atoms. The molecule has 0 aliphatic carbocycles. The number of primary amides is 1. The predicted molar refractivity (Wildman–Crippen MR) is 101 cm³/mol. The van der Waals surface area contributed by atoms with Crippen molar-refractivity contribution in [2.24, 2.45) is 5.73 Å². The quantitative estimate of drug-likeness (QED) is 0.578. The summed E-state index contributed by atoms with van der Waals surface area (Å²) in [6, 6.07) is 0. The lowest BCUT2D eigenvalue weighted by atomic mass is 10.2. The standard InChI is InChI=1S/C16H26N5O5P/c1-5-25-27(23,26-6-2)9-24-10(3)7-21-8-12(15(18)22)13-14(17)19-11(4)20-16(13)21/h8,10H,5-7,9H2,1-4H3,(H2,18,22)(H2,17,19,20)/t10-/m1/s1. The molecule has 0 aliphatic rings. The maximum Gasteiger partial charge on any atom is 0.356 e. The van der Waals surface area contributed by atoms with Crippen molar-refractivity contribution in [2.75, 3.05) is 25.3 Å². The summed E-state index contributed by atoms with van der Waals surface area (Å²) >= 11 is 0. The van der Waals surface area contributed by atoms with E-state index in [1.165, 1.54) is 0 Å². The van der Waals surface area contributed by atoms with E-state index in [4.69, 9.17) is 25.3 Å². The molecule has 2 rings (SSSR count). The summed E-state index contributed by atoms with van der Waals surface area (Å²) in [4.78, 5) is 20.2. The van der Waals surface area contributed by atoms with Crippen molar-refractivity contribution < 1.29 is 23.1 Å². The highest BCUT2D eigenvalue weighted by Gasteiger charge is 2.26. The Bertz CT molecular complexity index is 858. The zero-order valence-corrected chi connectivity index (χ0v) is 16.9. The van der Waals surface area contributed by atoms with E-state index in [0.29, 0.717) is 23.4 Å². The Hall–Kier alpha value is -2.00. The van der Waals surface area contributed by atoms with E-state index in [2.05, 4.69) is 9.97 Å². The van der Waals surface area contributed by atoms with Crippen molar-refractivity contribution in [1.82, 2.24) is 14.5 Å². The smallest absolute Gasteiger partial charge is 0.356 e. The Kier molecular flexibility index (Phi) is 6.94. The largest absolute Gasteiger partial charge is 0.383 e. The van der Waals surface area contributed by atoms with Gasteiger partial charge in [0.25, 0.3) is 5.91 Å². The molecule has 0 radical (unpaired) electrons. The van der Waals surface area contributed by atoms with Gasteiger partial charge in [-0.2, -0.15) is 0 Å². The van der Waals surface area contributed by atoms with Gasteiger partial charge < -0.3 is 29.8 Å². The number of fused-ring (bicyclic) bond motifs is 1. The summed E-state index contributed by atoms with van der Waals surface area (Å²) in [6.45, 7) is 7.83. The number of nitrogen functional groups attached to an aromatic ring is 1. The maximum absolute atomic E-state index is 12.5. The van der Waals surface area contributed by atoms with E-state index in [0.717, 1.165) is 0 Å². The number of ether oxygens (including phenoxy) is 1. The van der Waals surface area contributed by atoms with Crippen molar-refractivity contribution >= 4 is 30.4 Å². The van der Waals surface area contributed by atoms with Crippen LogP contribution in [0.1, 0.15) is 37.0 Å². The molecule has 2 aromatic heterocycles. The monoisotopic (exact) mass is 399 g/mol. The van der Waals surface area contributed by atoms with Crippen LogP contribution < -0.4 is 11.5 Å². The van der Waals surface area contributed by atoms with Crippen LogP contribution in [0.2, 0.25) is 0 Å². The van der Waals surface area contributed by atoms with Crippen molar-refractivity contribution in [2.45, 2.75) is 40.3 Å². The van der Waals surface area contributed by atoms with Gasteiger partial charge in [0, 0.05) is 6.20 Å². The van der Waals surface area contributed by atoms with Crippen LogP contribution in [-0.2, 0) is 24.9 Å². The first-order valence-corrected chi connectivity index (χ1v) is 10.4. The number of nitrogens with zero attached hydrogens (tertiary/aromatic N) is 3. The minimum absolute atomic E-state index is 0.173. The van der Waals surface area contributed by atoms with Gasteiger partial charge >= 0.3 is 7.60 Å². The first kappa shape index (κ1) is 21.3. The molecule has 0 bridgehead atoms. The number of carbonyl (C=O) groups is 1. The SMILES string of the molecule is CCOP(=O)(CO[C@H](C)Cn1cc(C(N)=O)c2c(N)nc(C)nc21)OCC. The van der Waals surface area contributed by atoms with E-state index in [1.807, 2.05) is 0 Å². The van der Waals surface area contributed by atoms with Crippen LogP contribution in [0, 0.1) is 6.92 Å². The van der Waals surface area contributed by atoms with Crippen molar-refractivity contribution in [3.63, 3.8) is 0 Å². The second-order valence-corrected chi connectivity index (χ2v) is 7.96. The van der Waals surface area contributed by atoms with Gasteiger partial charge in [-0.05, 0) is 27.7 Å². The Morgan fingerprint density at radius 2 is 1.93 bits per heavy atom. The van der Waals surface area contributed by atoms with E-state index in [1.54, 1.807) is 38.5 Å². The molecule has 1 atom stereocenters. The summed E-state index contributed by atoms with van der Waals surface area (Å²) in [7, 11) is -3.30. The second-order valence-electron chi connectivity index (χ2n) is 5.97. The van der Waals surface area contributed by atoms with Crippen LogP contribution in [0.5, 0.6) is 0 Å². The number of amides is 1. The van der Waals surface area contributed by atoms with Crippen molar-refractivity contribution in [3.05, 3.63) is 17.6 Å². The number of hydrogen-bond donors (Lipinski definition) is 2. The molecule has 10 nitrogen and oxygen atoms in total. The summed E-state index contributed by atoms with van der Waals surface area (Å²) in [5, 5.41) is 0.412. The second kappa shape index (κ2) is 8.79. The molecule has 0 spiro atoms. The third-order valence-corrected chi connectivity index (χ3v) is 5.51. The Morgan fingerprint density at radius 1 is 1.30 bits per heavy atom. The van der Waals surface area contributed by atoms with Gasteiger partial charge in [-0.25, -0.2) is 9.97 Å². The lowest BCUT2D eigenvalue weighted by Gasteiger charge is -2.20. The summed E-state index contributed by atoms with van der Waals surface area (Å²) in [6.07, 6.45) is 1.03. The third-order valence-electron chi connectivity index (χ3n) is 3.74. The molecular formula is C16H26N5O5P. The molecule has 11 heteroatoms. The summed E-state index contributed by atoms with van der Waals surface area (Å²) in [5.74, 6) is 0.0422. The number of aromatic nitrogens is 3. The molecule has 0 aliphatic heterocycles. The molecule has 150 valence electrons. The molecule has 1 amide bonds. The fraction of sp³-hybridized carbons (Fsp3) is 0.562. The highest BCUT2D eigenvalue weighted by Crippen LogP contribution is 2.48. The van der Waals surface area contributed by atoms with Crippen LogP contribution in [0.4, 0.5) is 5.82 Å². The molecule has 2 heterocycles. The van der Waals surface area contributed by atoms with E-state index >= 15 is 0 Å². The Labute approximate surface area is 157 Å². The highest BCUT2D eigenvalue weighted by molar-refractivity contribution is 7.53. The summed E-state index contributed by atoms with van der Waals surface area (Å²) < 4.78 is 30.3. The van der Waals surface area contributed by atoms with Crippen molar-refractivity contribution in [1.29, 1.82) is 0 Å². The molecule has 0 unspecified atom stereocenters. The van der Waals surface area contributed by atoms with Gasteiger partial charge in [-0.3, -0.25) is 9.36 Å². The highest BCUT2D eigenvalue weighted by atomic mass is 31.2. The van der Waals surface area contributed by atoms with Gasteiger partial charge in [-0.15, -0.1) is 0 Å². The average Bonchev–Trinajstić information content (AvgIpc) is 2.92. The molecular weight excluding hydrogens is 373 g/mol. The number of hydrogen-bond acceptors (Lipinski definition) is 8. The van der Waals surface area contributed by atoms with Crippen LogP contribution >= 0.6 is 7.60 Å². The van der Waals surface area contributed by atoms with Gasteiger partial charge in [-0.1, -0.05) is 0 Å². The number of aryl methyl sites for hydroxylation is 1. The first-order chi connectivity index (χ1) is 12.7. The minimum Gasteiger partial charge on any atom is -0.383 e. The number of carbonyl (C=O) groups excluding carboxylic acids is 1. The van der Waals surface area contributed by atoms with Gasteiger partial charge in [0.2, 0.25) is 0 Å². The minimum atomic E-state index is -3.30. The zero-order chi connectivity index (χ0) is 20.2. The number of rotatable bonds is 10. The van der Waals surface area contributed by atoms with Crippen LogP contribution in [-0.4, -0.2) is 46.1 Å². The third kappa shape index (κ3) is 5.04. The van der Waals surface area contributed by atoms with Crippen molar-refractivity contribution in [3.8, 4) is 0 Å². The average molecular weight is 399 g/mol. The fourth-order valence-corrected chi connectivity index (χ4v) is 4.15. The lowest BCUT2D eigenvalue weighted by Crippen LogP contribution is -2.18. The van der Waals surface area contributed by atoms with E-state index in [9.17, 15) is 9.36 Å². The van der Waals surface area contributed by atoms with Gasteiger partial charge in [0.15, 0.2) is 0 Å². The Balaban J connectivity index is 2.23. The molecule has 0 aromatic carbocycles. The molecule has 0 saturated heterocycles. The van der Waals surface area contributed by atoms with E-state index in [-0.39, 0.29) is 37.0 Å². The maximum atomic E-state index is 12.5. The predicted octanol–water partition coefficient (Wildman–Crippen LogP) is 2.05. The normalized spacial score (nSPS) is 13.2. The first-order valence-electron chi connectivity index (χ1n) is 8.63. The molecule has 0 saturated carbocycles. The lowest BCUT2D eigenvalue weighted by molar-refractivity contribution is 0.0673. The number of nitrogens with two attached hydrogens (primary N) is 2. The molecule has 2 aromatic rings. The fourth-order valence-electron chi connectivity index (χ4n) is 2.71. The van der Waals surface area contributed by atoms with Crippen LogP contribution in [0.25, 0.3) is 11.0 Å². The molecule has 4 N–H and O–H groups in total. The number of anilines is 1. The van der Waals surface area contributed by atoms with Gasteiger partial charge in [0.1, 0.15) is 23.6 Å². The topological polar surface area (TPSA) is 145 Å². The van der Waals surface area contributed by atoms with Crippen LogP contribution in [0.3, 0.4) is 0 Å². The van der Waals surface area contributed by atoms with E-state index < -0.39 is 13.5 Å². The summed E-state index contributed by atoms with van der Waals surface area (Å²) in [5.41, 5.74) is 12.1. The van der Waals surface area contributed by atoms with Crippen LogP contribution in [0.15, 0.2) is 6.20 Å². The zero-order valence-electron chi connectivity index (χ0n) is 16.0.